The maximum atomic E-state index is 12.7. The number of benzene rings is 2. The number of aromatic nitrogens is 1. The Morgan fingerprint density at radius 3 is 2.40 bits per heavy atom. The molecule has 3 aromatic rings. The summed E-state index contributed by atoms with van der Waals surface area (Å²) in [7, 11) is -3.81. The zero-order valence-corrected chi connectivity index (χ0v) is 17.7. The van der Waals surface area contributed by atoms with Crippen molar-refractivity contribution in [3.63, 3.8) is 0 Å². The molecule has 1 N–H and O–H groups in total. The molecule has 2 aromatic carbocycles. The number of sulfonamides is 1. The predicted octanol–water partition coefficient (Wildman–Crippen LogP) is 5.03. The summed E-state index contributed by atoms with van der Waals surface area (Å²) in [5.41, 5.74) is 0.861. The van der Waals surface area contributed by atoms with Crippen molar-refractivity contribution in [2.24, 2.45) is 0 Å². The van der Waals surface area contributed by atoms with Crippen LogP contribution in [0.5, 0.6) is 11.5 Å². The van der Waals surface area contributed by atoms with E-state index in [-0.39, 0.29) is 4.90 Å². The van der Waals surface area contributed by atoms with Gasteiger partial charge in [-0.1, -0.05) is 23.2 Å². The van der Waals surface area contributed by atoms with Crippen LogP contribution in [0.25, 0.3) is 0 Å². The Kier molecular flexibility index (Phi) is 6.12. The minimum Gasteiger partial charge on any atom is -0.455 e. The van der Waals surface area contributed by atoms with Gasteiger partial charge in [0.2, 0.25) is 0 Å². The topological polar surface area (TPSA) is 86.8 Å². The Hall–Kier alpha value is -2.36. The van der Waals surface area contributed by atoms with Gasteiger partial charge >= 0.3 is 0 Å². The lowest BCUT2D eigenvalue weighted by atomic mass is 10.1. The Labute approximate surface area is 183 Å². The Balaban J connectivity index is 1.65. The molecule has 0 radical (unpaired) electrons. The number of rotatable bonds is 6. The highest BCUT2D eigenvalue weighted by molar-refractivity contribution is 7.92. The van der Waals surface area contributed by atoms with E-state index in [0.717, 1.165) is 0 Å². The van der Waals surface area contributed by atoms with Crippen molar-refractivity contribution in [2.45, 2.75) is 11.2 Å². The van der Waals surface area contributed by atoms with Gasteiger partial charge in [0.25, 0.3) is 10.0 Å². The Morgan fingerprint density at radius 1 is 0.967 bits per heavy atom. The third-order valence-corrected chi connectivity index (χ3v) is 6.03. The van der Waals surface area contributed by atoms with E-state index in [1.54, 1.807) is 24.3 Å². The van der Waals surface area contributed by atoms with E-state index >= 15 is 0 Å². The lowest BCUT2D eigenvalue weighted by Crippen LogP contribution is -2.13. The second kappa shape index (κ2) is 8.79. The first-order valence-electron chi connectivity index (χ1n) is 8.85. The molecule has 0 amide bonds. The van der Waals surface area contributed by atoms with Crippen LogP contribution in [-0.4, -0.2) is 26.6 Å². The highest BCUT2D eigenvalue weighted by atomic mass is 35.5. The molecular weight excluding hydrogens is 451 g/mol. The number of anilines is 1. The van der Waals surface area contributed by atoms with E-state index in [2.05, 4.69) is 9.71 Å². The number of nitrogens with zero attached hydrogens (tertiary/aromatic N) is 1. The summed E-state index contributed by atoms with van der Waals surface area (Å²) in [5.74, 6) is 0.858. The molecule has 0 aliphatic carbocycles. The third kappa shape index (κ3) is 4.85. The molecule has 1 aliphatic heterocycles. The molecule has 4 rings (SSSR count). The molecule has 30 heavy (non-hydrogen) atoms. The smallest absolute Gasteiger partial charge is 0.261 e. The quantitative estimate of drug-likeness (QED) is 0.548. The fourth-order valence-corrected chi connectivity index (χ4v) is 4.17. The van der Waals surface area contributed by atoms with Gasteiger partial charge < -0.3 is 14.2 Å². The first-order valence-corrected chi connectivity index (χ1v) is 11.1. The molecule has 0 unspecified atom stereocenters. The third-order valence-electron chi connectivity index (χ3n) is 4.17. The van der Waals surface area contributed by atoms with Crippen LogP contribution in [-0.2, 0) is 19.5 Å². The van der Waals surface area contributed by atoms with E-state index in [9.17, 15) is 8.42 Å². The number of hydrogen-bond acceptors (Lipinski definition) is 6. The van der Waals surface area contributed by atoms with Crippen LogP contribution in [0.1, 0.15) is 11.9 Å². The molecule has 10 heteroatoms. The fraction of sp³-hybridized carbons (Fsp3) is 0.150. The van der Waals surface area contributed by atoms with Crippen LogP contribution in [0.15, 0.2) is 65.8 Å². The molecule has 0 bridgehead atoms. The first kappa shape index (κ1) is 20.9. The fourth-order valence-electron chi connectivity index (χ4n) is 2.83. The minimum absolute atomic E-state index is 0.0899. The lowest BCUT2D eigenvalue weighted by molar-refractivity contribution is -0.0452. The van der Waals surface area contributed by atoms with Gasteiger partial charge in [0.15, 0.2) is 6.29 Å². The van der Waals surface area contributed by atoms with Gasteiger partial charge in [-0.2, -0.15) is 0 Å². The van der Waals surface area contributed by atoms with Gasteiger partial charge in [0.05, 0.1) is 34.9 Å². The highest BCUT2D eigenvalue weighted by Gasteiger charge is 2.24. The van der Waals surface area contributed by atoms with Crippen molar-refractivity contribution in [1.29, 1.82) is 0 Å². The van der Waals surface area contributed by atoms with Crippen molar-refractivity contribution >= 4 is 38.9 Å². The molecule has 0 spiro atoms. The van der Waals surface area contributed by atoms with Crippen LogP contribution >= 0.6 is 23.2 Å². The summed E-state index contributed by atoms with van der Waals surface area (Å²) in [5, 5.41) is 0.874. The van der Waals surface area contributed by atoms with Gasteiger partial charge in [-0.25, -0.2) is 8.42 Å². The number of halogens is 2. The minimum atomic E-state index is -3.81. The SMILES string of the molecule is O=S(=O)(Nc1ccc(Oc2cncc(Cl)c2)c(C2OCCO2)c1)c1ccc(Cl)cc1. The van der Waals surface area contributed by atoms with E-state index in [1.165, 1.54) is 36.7 Å². The Bertz CT molecular complexity index is 1150. The summed E-state index contributed by atoms with van der Waals surface area (Å²) in [6, 6.07) is 12.3. The van der Waals surface area contributed by atoms with E-state index in [4.69, 9.17) is 37.4 Å². The second-order valence-corrected chi connectivity index (χ2v) is 8.88. The molecule has 7 nitrogen and oxygen atoms in total. The van der Waals surface area contributed by atoms with Crippen molar-refractivity contribution < 1.29 is 22.6 Å². The van der Waals surface area contributed by atoms with E-state index in [1.807, 2.05) is 0 Å². The molecule has 0 saturated carbocycles. The van der Waals surface area contributed by atoms with Gasteiger partial charge in [0, 0.05) is 23.0 Å². The van der Waals surface area contributed by atoms with Crippen molar-refractivity contribution in [3.05, 3.63) is 76.5 Å². The largest absolute Gasteiger partial charge is 0.455 e. The molecule has 2 heterocycles. The predicted molar refractivity (Wildman–Crippen MR) is 113 cm³/mol. The summed E-state index contributed by atoms with van der Waals surface area (Å²) in [6.07, 6.45) is 2.32. The second-order valence-electron chi connectivity index (χ2n) is 6.33. The van der Waals surface area contributed by atoms with Gasteiger partial charge in [-0.15, -0.1) is 0 Å². The zero-order valence-electron chi connectivity index (χ0n) is 15.4. The maximum absolute atomic E-state index is 12.7. The zero-order chi connectivity index (χ0) is 21.1. The highest BCUT2D eigenvalue weighted by Crippen LogP contribution is 2.36. The molecule has 1 saturated heterocycles. The monoisotopic (exact) mass is 466 g/mol. The molecule has 1 aromatic heterocycles. The van der Waals surface area contributed by atoms with Crippen LogP contribution < -0.4 is 9.46 Å². The van der Waals surface area contributed by atoms with Crippen molar-refractivity contribution in [1.82, 2.24) is 4.98 Å². The number of ether oxygens (including phenoxy) is 3. The first-order chi connectivity index (χ1) is 14.4. The molecule has 1 aliphatic rings. The summed E-state index contributed by atoms with van der Waals surface area (Å²) < 4.78 is 45.0. The summed E-state index contributed by atoms with van der Waals surface area (Å²) in [6.45, 7) is 0.840. The Morgan fingerprint density at radius 2 is 1.70 bits per heavy atom. The maximum Gasteiger partial charge on any atom is 0.261 e. The van der Waals surface area contributed by atoms with E-state index < -0.39 is 16.3 Å². The average molecular weight is 467 g/mol. The van der Waals surface area contributed by atoms with E-state index in [0.29, 0.717) is 46.0 Å². The number of nitrogens with one attached hydrogen (secondary N) is 1. The van der Waals surface area contributed by atoms with Crippen LogP contribution in [0.3, 0.4) is 0 Å². The van der Waals surface area contributed by atoms with Gasteiger partial charge in [0.1, 0.15) is 11.5 Å². The lowest BCUT2D eigenvalue weighted by Gasteiger charge is -2.17. The number of hydrogen-bond donors (Lipinski definition) is 1. The molecular formula is C20H16Cl2N2O5S. The average Bonchev–Trinajstić information content (AvgIpc) is 3.24. The number of pyridine rings is 1. The molecule has 0 atom stereocenters. The standard InChI is InChI=1S/C20H16Cl2N2O5S/c21-13-1-4-17(5-2-13)30(25,26)24-15-3-6-19(18(10-15)20-27-7-8-28-20)29-16-9-14(22)11-23-12-16/h1-6,9-12,20,24H,7-8H2. The van der Waals surface area contributed by atoms with Crippen LogP contribution in [0.4, 0.5) is 5.69 Å². The van der Waals surface area contributed by atoms with Crippen LogP contribution in [0, 0.1) is 0 Å². The normalized spacial score (nSPS) is 14.6. The van der Waals surface area contributed by atoms with Crippen molar-refractivity contribution in [2.75, 3.05) is 17.9 Å². The summed E-state index contributed by atoms with van der Waals surface area (Å²) >= 11 is 11.8. The molecule has 1 fully saturated rings. The van der Waals surface area contributed by atoms with Crippen LogP contribution in [0.2, 0.25) is 10.0 Å². The summed E-state index contributed by atoms with van der Waals surface area (Å²) in [4.78, 5) is 4.08. The van der Waals surface area contributed by atoms with Crippen molar-refractivity contribution in [3.8, 4) is 11.5 Å². The van der Waals surface area contributed by atoms with Gasteiger partial charge in [-0.05, 0) is 42.5 Å². The van der Waals surface area contributed by atoms with Gasteiger partial charge in [-0.3, -0.25) is 9.71 Å². The molecule has 156 valence electrons.